The molecule has 1 amide bonds. The van der Waals surface area contributed by atoms with Gasteiger partial charge in [0.25, 0.3) is 5.91 Å². The van der Waals surface area contributed by atoms with Gasteiger partial charge >= 0.3 is 5.97 Å². The topological polar surface area (TPSA) is 92.9 Å². The lowest BCUT2D eigenvalue weighted by Gasteiger charge is -2.31. The highest BCUT2D eigenvalue weighted by Crippen LogP contribution is 2.19. The van der Waals surface area contributed by atoms with Crippen LogP contribution >= 0.6 is 0 Å². The number of ether oxygens (including phenoxy) is 1. The van der Waals surface area contributed by atoms with Crippen LogP contribution in [0.5, 0.6) is 0 Å². The van der Waals surface area contributed by atoms with E-state index in [-0.39, 0.29) is 24.6 Å². The highest BCUT2D eigenvalue weighted by atomic mass is 16.5. The minimum atomic E-state index is -0.947. The Labute approximate surface area is 132 Å². The van der Waals surface area contributed by atoms with Crippen LogP contribution in [-0.2, 0) is 9.53 Å². The van der Waals surface area contributed by atoms with Crippen molar-refractivity contribution in [3.8, 4) is 11.5 Å². The summed E-state index contributed by atoms with van der Waals surface area (Å²) in [5, 5.41) is 8.83. The number of morpholine rings is 1. The van der Waals surface area contributed by atoms with E-state index < -0.39 is 12.1 Å². The molecular formula is C16H16N2O5. The summed E-state index contributed by atoms with van der Waals surface area (Å²) in [5.41, 5.74) is 0.997. The molecule has 120 valence electrons. The van der Waals surface area contributed by atoms with Gasteiger partial charge in [-0.1, -0.05) is 18.2 Å². The summed E-state index contributed by atoms with van der Waals surface area (Å²) in [5.74, 6) is -0.851. The van der Waals surface area contributed by atoms with Crippen molar-refractivity contribution in [2.45, 2.75) is 12.5 Å². The van der Waals surface area contributed by atoms with Gasteiger partial charge in [-0.3, -0.25) is 9.59 Å². The highest BCUT2D eigenvalue weighted by Gasteiger charge is 2.28. The maximum Gasteiger partial charge on any atom is 0.306 e. The number of aromatic nitrogens is 1. The predicted octanol–water partition coefficient (Wildman–Crippen LogP) is 1.66. The summed E-state index contributed by atoms with van der Waals surface area (Å²) < 4.78 is 10.7. The number of rotatable bonds is 4. The molecule has 0 bridgehead atoms. The molecule has 7 nitrogen and oxygen atoms in total. The minimum absolute atomic E-state index is 0.127. The summed E-state index contributed by atoms with van der Waals surface area (Å²) in [4.78, 5) is 29.0. The van der Waals surface area contributed by atoms with Crippen LogP contribution in [0, 0.1) is 0 Å². The van der Waals surface area contributed by atoms with E-state index in [1.54, 1.807) is 4.90 Å². The van der Waals surface area contributed by atoms with E-state index in [2.05, 4.69) is 4.98 Å². The smallest absolute Gasteiger partial charge is 0.306 e. The van der Waals surface area contributed by atoms with Crippen molar-refractivity contribution < 1.29 is 23.8 Å². The Morgan fingerprint density at radius 1 is 1.30 bits per heavy atom. The monoisotopic (exact) mass is 316 g/mol. The molecule has 1 saturated heterocycles. The second-order valence-corrected chi connectivity index (χ2v) is 5.25. The zero-order valence-corrected chi connectivity index (χ0v) is 12.3. The molecule has 0 saturated carbocycles. The first-order valence-corrected chi connectivity index (χ1v) is 7.27. The third-order valence-corrected chi connectivity index (χ3v) is 3.57. The Morgan fingerprint density at radius 2 is 2.09 bits per heavy atom. The summed E-state index contributed by atoms with van der Waals surface area (Å²) in [6.07, 6.45) is 0.704. The van der Waals surface area contributed by atoms with E-state index in [0.717, 1.165) is 5.56 Å². The van der Waals surface area contributed by atoms with E-state index in [4.69, 9.17) is 14.3 Å². The standard InChI is InChI=1S/C16H16N2O5/c19-14(20)8-12-9-18(6-7-22-12)16(21)13-10-23-15(17-13)11-4-2-1-3-5-11/h1-5,10,12H,6-9H2,(H,19,20)/t12-/m1/s1. The van der Waals surface area contributed by atoms with Gasteiger partial charge in [0.05, 0.1) is 19.1 Å². The maximum absolute atomic E-state index is 12.5. The lowest BCUT2D eigenvalue weighted by Crippen LogP contribution is -2.46. The number of carboxylic acid groups (broad SMARTS) is 1. The third-order valence-electron chi connectivity index (χ3n) is 3.57. The molecule has 0 unspecified atom stereocenters. The number of carbonyl (C=O) groups is 2. The van der Waals surface area contributed by atoms with Gasteiger partial charge in [-0.25, -0.2) is 4.98 Å². The van der Waals surface area contributed by atoms with Crippen LogP contribution in [0.3, 0.4) is 0 Å². The van der Waals surface area contributed by atoms with Gasteiger partial charge in [0.2, 0.25) is 5.89 Å². The molecule has 0 aliphatic carbocycles. The maximum atomic E-state index is 12.5. The molecule has 0 radical (unpaired) electrons. The van der Waals surface area contributed by atoms with Crippen molar-refractivity contribution in [3.63, 3.8) is 0 Å². The van der Waals surface area contributed by atoms with Crippen LogP contribution in [0.2, 0.25) is 0 Å². The zero-order chi connectivity index (χ0) is 16.2. The number of aliphatic carboxylic acids is 1. The molecule has 0 spiro atoms. The van der Waals surface area contributed by atoms with Gasteiger partial charge in [0, 0.05) is 18.7 Å². The Morgan fingerprint density at radius 3 is 2.83 bits per heavy atom. The molecule has 1 aromatic carbocycles. The molecule has 2 heterocycles. The van der Waals surface area contributed by atoms with Crippen LogP contribution in [-0.4, -0.2) is 52.7 Å². The number of carbonyl (C=O) groups excluding carboxylic acids is 1. The lowest BCUT2D eigenvalue weighted by molar-refractivity contribution is -0.141. The van der Waals surface area contributed by atoms with Crippen LogP contribution < -0.4 is 0 Å². The summed E-state index contributed by atoms with van der Waals surface area (Å²) in [7, 11) is 0. The molecule has 7 heteroatoms. The summed E-state index contributed by atoms with van der Waals surface area (Å²) >= 11 is 0. The number of hydrogen-bond acceptors (Lipinski definition) is 5. The first-order chi connectivity index (χ1) is 11.1. The van der Waals surface area contributed by atoms with Gasteiger partial charge in [-0.05, 0) is 12.1 Å². The molecule has 1 atom stereocenters. The average molecular weight is 316 g/mol. The number of carboxylic acids is 1. The van der Waals surface area contributed by atoms with E-state index in [1.165, 1.54) is 6.26 Å². The second kappa shape index (κ2) is 6.62. The Bertz CT molecular complexity index is 698. The van der Waals surface area contributed by atoms with Crippen LogP contribution in [0.1, 0.15) is 16.9 Å². The zero-order valence-electron chi connectivity index (χ0n) is 12.3. The Hall–Kier alpha value is -2.67. The van der Waals surface area contributed by atoms with Crippen LogP contribution in [0.15, 0.2) is 41.0 Å². The third kappa shape index (κ3) is 3.57. The lowest BCUT2D eigenvalue weighted by atomic mass is 10.2. The first kappa shape index (κ1) is 15.2. The molecule has 23 heavy (non-hydrogen) atoms. The van der Waals surface area contributed by atoms with Crippen molar-refractivity contribution in [2.24, 2.45) is 0 Å². The summed E-state index contributed by atoms with van der Waals surface area (Å²) in [6, 6.07) is 9.29. The average Bonchev–Trinajstić information content (AvgIpc) is 3.04. The second-order valence-electron chi connectivity index (χ2n) is 5.25. The van der Waals surface area contributed by atoms with Crippen molar-refractivity contribution in [1.82, 2.24) is 9.88 Å². The van der Waals surface area contributed by atoms with Gasteiger partial charge in [-0.2, -0.15) is 0 Å². The molecule has 1 fully saturated rings. The number of nitrogens with zero attached hydrogens (tertiary/aromatic N) is 2. The van der Waals surface area contributed by atoms with E-state index in [1.807, 2.05) is 30.3 Å². The van der Waals surface area contributed by atoms with E-state index in [0.29, 0.717) is 19.0 Å². The SMILES string of the molecule is O=C(O)C[C@@H]1CN(C(=O)c2coc(-c3ccccc3)n2)CCO1. The van der Waals surface area contributed by atoms with E-state index in [9.17, 15) is 9.59 Å². The number of amides is 1. The fourth-order valence-electron chi connectivity index (χ4n) is 2.47. The normalized spacial score (nSPS) is 17.9. The van der Waals surface area contributed by atoms with Crippen LogP contribution in [0.25, 0.3) is 11.5 Å². The predicted molar refractivity (Wildman–Crippen MR) is 79.8 cm³/mol. The minimum Gasteiger partial charge on any atom is -0.481 e. The van der Waals surface area contributed by atoms with E-state index >= 15 is 0 Å². The van der Waals surface area contributed by atoms with Crippen molar-refractivity contribution in [1.29, 1.82) is 0 Å². The van der Waals surface area contributed by atoms with Crippen LogP contribution in [0.4, 0.5) is 0 Å². The molecule has 2 aromatic rings. The molecule has 3 rings (SSSR count). The van der Waals surface area contributed by atoms with Gasteiger partial charge in [0.15, 0.2) is 5.69 Å². The molecule has 1 aliphatic heterocycles. The molecule has 1 aromatic heterocycles. The highest BCUT2D eigenvalue weighted by molar-refractivity contribution is 5.92. The van der Waals surface area contributed by atoms with Gasteiger partial charge in [-0.15, -0.1) is 0 Å². The van der Waals surface area contributed by atoms with Gasteiger partial charge < -0.3 is 19.2 Å². The number of benzene rings is 1. The van der Waals surface area contributed by atoms with Crippen molar-refractivity contribution in [2.75, 3.05) is 19.7 Å². The van der Waals surface area contributed by atoms with Gasteiger partial charge in [0.1, 0.15) is 6.26 Å². The fraction of sp³-hybridized carbons (Fsp3) is 0.312. The molecular weight excluding hydrogens is 300 g/mol. The van der Waals surface area contributed by atoms with Crippen molar-refractivity contribution in [3.05, 3.63) is 42.3 Å². The molecule has 1 aliphatic rings. The Balaban J connectivity index is 1.71. The molecule has 1 N–H and O–H groups in total. The first-order valence-electron chi connectivity index (χ1n) is 7.27. The largest absolute Gasteiger partial charge is 0.481 e. The number of hydrogen-bond donors (Lipinski definition) is 1. The fourth-order valence-corrected chi connectivity index (χ4v) is 2.47. The number of oxazole rings is 1. The van der Waals surface area contributed by atoms with Crippen molar-refractivity contribution >= 4 is 11.9 Å². The Kier molecular flexibility index (Phi) is 4.38. The summed E-state index contributed by atoms with van der Waals surface area (Å²) in [6.45, 7) is 0.953. The quantitative estimate of drug-likeness (QED) is 0.922.